The summed E-state index contributed by atoms with van der Waals surface area (Å²) in [6.45, 7) is 11.2. The summed E-state index contributed by atoms with van der Waals surface area (Å²) in [4.78, 5) is 4.79. The fourth-order valence-corrected chi connectivity index (χ4v) is 3.17. The van der Waals surface area contributed by atoms with Crippen LogP contribution < -0.4 is 15.4 Å². The van der Waals surface area contributed by atoms with Crippen LogP contribution in [-0.4, -0.2) is 28.9 Å². The molecule has 1 heterocycles. The van der Waals surface area contributed by atoms with E-state index in [2.05, 4.69) is 54.7 Å². The lowest BCUT2D eigenvalue weighted by Crippen LogP contribution is -2.37. The van der Waals surface area contributed by atoms with Gasteiger partial charge >= 0.3 is 0 Å². The van der Waals surface area contributed by atoms with E-state index in [0.717, 1.165) is 42.0 Å². The first-order valence-corrected chi connectivity index (χ1v) is 10.2. The molecule has 1 aliphatic carbocycles. The first kappa shape index (κ1) is 23.5. The minimum Gasteiger partial charge on any atom is -0.493 e. The highest BCUT2D eigenvalue weighted by atomic mass is 127. The van der Waals surface area contributed by atoms with Crippen LogP contribution in [0.15, 0.2) is 23.2 Å². The molecule has 0 spiro atoms. The molecule has 1 aromatic heterocycles. The molecular formula is C22H34IN5O. The molecule has 0 saturated heterocycles. The smallest absolute Gasteiger partial charge is 0.191 e. The number of aromatic nitrogens is 2. The minimum absolute atomic E-state index is 0. The molecule has 0 atom stereocenters. The number of nitrogens with zero attached hydrogens (tertiary/aromatic N) is 3. The highest BCUT2D eigenvalue weighted by Gasteiger charge is 2.22. The first-order valence-electron chi connectivity index (χ1n) is 10.2. The molecule has 0 amide bonds. The summed E-state index contributed by atoms with van der Waals surface area (Å²) in [6.07, 6.45) is 2.59. The standard InChI is InChI=1S/C22H33N5O.HI/c1-6-23-22(25-13-20-16(3)26-27(5)17(20)4)24-12-19-10-7-15(2)11-21(19)28-14-18-8-9-18;/h7,10-11,18H,6,8-9,12-14H2,1-5H3,(H2,23,24,25);1H. The predicted molar refractivity (Wildman–Crippen MR) is 129 cm³/mol. The van der Waals surface area contributed by atoms with Crippen LogP contribution in [0.1, 0.15) is 47.8 Å². The van der Waals surface area contributed by atoms with Crippen molar-refractivity contribution in [2.45, 2.75) is 53.6 Å². The number of benzene rings is 1. The summed E-state index contributed by atoms with van der Waals surface area (Å²) in [5, 5.41) is 11.3. The summed E-state index contributed by atoms with van der Waals surface area (Å²) in [5.41, 5.74) is 5.79. The summed E-state index contributed by atoms with van der Waals surface area (Å²) in [7, 11) is 1.98. The van der Waals surface area contributed by atoms with E-state index < -0.39 is 0 Å². The molecule has 2 N–H and O–H groups in total. The molecule has 3 rings (SSSR count). The van der Waals surface area contributed by atoms with E-state index in [1.54, 1.807) is 0 Å². The fourth-order valence-electron chi connectivity index (χ4n) is 3.17. The number of aryl methyl sites for hydroxylation is 3. The molecule has 6 nitrogen and oxygen atoms in total. The molecule has 2 aromatic rings. The van der Waals surface area contributed by atoms with Crippen molar-refractivity contribution in [1.82, 2.24) is 20.4 Å². The second kappa shape index (κ2) is 10.8. The number of rotatable bonds is 8. The van der Waals surface area contributed by atoms with Gasteiger partial charge in [-0.05, 0) is 58.1 Å². The zero-order chi connectivity index (χ0) is 20.1. The molecule has 160 valence electrons. The topological polar surface area (TPSA) is 63.5 Å². The van der Waals surface area contributed by atoms with Crippen LogP contribution in [0.3, 0.4) is 0 Å². The van der Waals surface area contributed by atoms with Crippen molar-refractivity contribution in [1.29, 1.82) is 0 Å². The average molecular weight is 511 g/mol. The van der Waals surface area contributed by atoms with Gasteiger partial charge in [0.25, 0.3) is 0 Å². The largest absolute Gasteiger partial charge is 0.493 e. The van der Waals surface area contributed by atoms with E-state index in [1.165, 1.54) is 29.7 Å². The summed E-state index contributed by atoms with van der Waals surface area (Å²) in [5.74, 6) is 2.51. The van der Waals surface area contributed by atoms with E-state index >= 15 is 0 Å². The number of halogens is 1. The van der Waals surface area contributed by atoms with Gasteiger partial charge in [-0.25, -0.2) is 4.99 Å². The van der Waals surface area contributed by atoms with Gasteiger partial charge in [0.2, 0.25) is 0 Å². The van der Waals surface area contributed by atoms with Gasteiger partial charge in [-0.3, -0.25) is 4.68 Å². The fraction of sp³-hybridized carbons (Fsp3) is 0.545. The maximum absolute atomic E-state index is 6.08. The van der Waals surface area contributed by atoms with Gasteiger partial charge in [-0.2, -0.15) is 5.10 Å². The Morgan fingerprint density at radius 2 is 2.00 bits per heavy atom. The number of aliphatic imine (C=N–C) groups is 1. The predicted octanol–water partition coefficient (Wildman–Crippen LogP) is 4.01. The minimum atomic E-state index is 0. The van der Waals surface area contributed by atoms with Crippen LogP contribution in [0.4, 0.5) is 0 Å². The average Bonchev–Trinajstić information content (AvgIpc) is 3.45. The monoisotopic (exact) mass is 511 g/mol. The molecule has 1 fully saturated rings. The Labute approximate surface area is 191 Å². The van der Waals surface area contributed by atoms with Crippen molar-refractivity contribution in [2.75, 3.05) is 13.2 Å². The SMILES string of the molecule is CCNC(=NCc1ccc(C)cc1OCC1CC1)NCc1c(C)nn(C)c1C.I. The third-order valence-corrected chi connectivity index (χ3v) is 5.24. The quantitative estimate of drug-likeness (QED) is 0.320. The second-order valence-corrected chi connectivity index (χ2v) is 7.69. The Morgan fingerprint density at radius 1 is 1.24 bits per heavy atom. The lowest BCUT2D eigenvalue weighted by molar-refractivity contribution is 0.296. The Hall–Kier alpha value is -1.77. The Balaban J connectivity index is 0.00000300. The zero-order valence-electron chi connectivity index (χ0n) is 18.2. The third kappa shape index (κ3) is 6.62. The Kier molecular flexibility index (Phi) is 8.79. The van der Waals surface area contributed by atoms with Crippen LogP contribution >= 0.6 is 24.0 Å². The molecular weight excluding hydrogens is 477 g/mol. The van der Waals surface area contributed by atoms with Crippen LogP contribution in [0.2, 0.25) is 0 Å². The number of hydrogen-bond acceptors (Lipinski definition) is 3. The Morgan fingerprint density at radius 3 is 2.62 bits per heavy atom. The highest BCUT2D eigenvalue weighted by Crippen LogP contribution is 2.31. The van der Waals surface area contributed by atoms with Crippen molar-refractivity contribution < 1.29 is 4.74 Å². The van der Waals surface area contributed by atoms with E-state index in [9.17, 15) is 0 Å². The zero-order valence-corrected chi connectivity index (χ0v) is 20.5. The molecule has 0 radical (unpaired) electrons. The lowest BCUT2D eigenvalue weighted by Gasteiger charge is -2.14. The van der Waals surface area contributed by atoms with E-state index in [0.29, 0.717) is 13.1 Å². The van der Waals surface area contributed by atoms with Gasteiger partial charge in [-0.1, -0.05) is 12.1 Å². The first-order chi connectivity index (χ1) is 13.5. The highest BCUT2D eigenvalue weighted by molar-refractivity contribution is 14.0. The van der Waals surface area contributed by atoms with Gasteiger partial charge < -0.3 is 15.4 Å². The maximum Gasteiger partial charge on any atom is 0.191 e. The van der Waals surface area contributed by atoms with E-state index in [4.69, 9.17) is 9.73 Å². The number of nitrogens with one attached hydrogen (secondary N) is 2. The molecule has 0 aliphatic heterocycles. The number of guanidine groups is 1. The lowest BCUT2D eigenvalue weighted by atomic mass is 10.1. The molecule has 29 heavy (non-hydrogen) atoms. The van der Waals surface area contributed by atoms with Crippen molar-refractivity contribution in [3.63, 3.8) is 0 Å². The van der Waals surface area contributed by atoms with Gasteiger partial charge in [0.15, 0.2) is 5.96 Å². The maximum atomic E-state index is 6.08. The van der Waals surface area contributed by atoms with Crippen molar-refractivity contribution >= 4 is 29.9 Å². The number of hydrogen-bond donors (Lipinski definition) is 2. The van der Waals surface area contributed by atoms with Gasteiger partial charge in [0.1, 0.15) is 5.75 Å². The summed E-state index contributed by atoms with van der Waals surface area (Å²) < 4.78 is 8.00. The van der Waals surface area contributed by atoms with Crippen molar-refractivity contribution in [3.8, 4) is 5.75 Å². The van der Waals surface area contributed by atoms with Crippen molar-refractivity contribution in [3.05, 3.63) is 46.3 Å². The van der Waals surface area contributed by atoms with Gasteiger partial charge in [-0.15, -0.1) is 24.0 Å². The number of ether oxygens (including phenoxy) is 1. The van der Waals surface area contributed by atoms with Crippen LogP contribution in [0.25, 0.3) is 0 Å². The summed E-state index contributed by atoms with van der Waals surface area (Å²) in [6, 6.07) is 6.37. The molecule has 0 bridgehead atoms. The Bertz CT molecular complexity index is 842. The second-order valence-electron chi connectivity index (χ2n) is 7.69. The van der Waals surface area contributed by atoms with Gasteiger partial charge in [0.05, 0.1) is 18.8 Å². The van der Waals surface area contributed by atoms with Crippen LogP contribution in [0, 0.1) is 26.7 Å². The van der Waals surface area contributed by atoms with Gasteiger partial charge in [0, 0.05) is 37.0 Å². The van der Waals surface area contributed by atoms with Crippen LogP contribution in [0.5, 0.6) is 5.75 Å². The molecule has 1 aliphatic rings. The molecule has 1 aromatic carbocycles. The molecule has 1 saturated carbocycles. The third-order valence-electron chi connectivity index (χ3n) is 5.24. The summed E-state index contributed by atoms with van der Waals surface area (Å²) >= 11 is 0. The van der Waals surface area contributed by atoms with Crippen LogP contribution in [-0.2, 0) is 20.1 Å². The van der Waals surface area contributed by atoms with Crippen molar-refractivity contribution in [2.24, 2.45) is 18.0 Å². The van der Waals surface area contributed by atoms with E-state index in [-0.39, 0.29) is 24.0 Å². The van der Waals surface area contributed by atoms with E-state index in [1.807, 2.05) is 18.7 Å². The molecule has 7 heteroatoms. The molecule has 0 unspecified atom stereocenters. The normalized spacial score (nSPS) is 13.8.